The number of alkyl halides is 2. The highest BCUT2D eigenvalue weighted by molar-refractivity contribution is 7.15. The second-order valence-electron chi connectivity index (χ2n) is 5.17. The van der Waals surface area contributed by atoms with Crippen LogP contribution in [0.1, 0.15) is 22.9 Å². The smallest absolute Gasteiger partial charge is 0.319 e. The Kier molecular flexibility index (Phi) is 4.79. The number of rotatable bonds is 6. The zero-order chi connectivity index (χ0) is 17.1. The van der Waals surface area contributed by atoms with Crippen LogP contribution in [-0.4, -0.2) is 26.8 Å². The van der Waals surface area contributed by atoms with Gasteiger partial charge in [0.15, 0.2) is 0 Å². The molecule has 0 fully saturated rings. The summed E-state index contributed by atoms with van der Waals surface area (Å²) >= 11 is 1.36. The van der Waals surface area contributed by atoms with Crippen molar-refractivity contribution in [2.45, 2.75) is 19.5 Å². The first-order valence-corrected chi connectivity index (χ1v) is 7.92. The fourth-order valence-corrected chi connectivity index (χ4v) is 3.00. The van der Waals surface area contributed by atoms with Crippen LogP contribution in [0.4, 0.5) is 18.3 Å². The molecule has 1 aromatic carbocycles. The van der Waals surface area contributed by atoms with Crippen molar-refractivity contribution in [2.24, 2.45) is 0 Å². The maximum Gasteiger partial charge on any atom is 0.319 e. The van der Waals surface area contributed by atoms with Gasteiger partial charge in [0.1, 0.15) is 16.6 Å². The lowest BCUT2D eigenvalue weighted by Gasteiger charge is -2.15. The molecule has 0 aliphatic heterocycles. The lowest BCUT2D eigenvalue weighted by molar-refractivity contribution is 0.0670. The van der Waals surface area contributed by atoms with Crippen molar-refractivity contribution in [1.29, 1.82) is 0 Å². The van der Waals surface area contributed by atoms with Crippen molar-refractivity contribution in [3.05, 3.63) is 58.9 Å². The Balaban J connectivity index is 1.68. The third-order valence-corrected chi connectivity index (χ3v) is 4.43. The number of hydrogen-bond acceptors (Lipinski definition) is 5. The van der Waals surface area contributed by atoms with E-state index < -0.39 is 6.55 Å². The topological polar surface area (TPSA) is 46.8 Å². The summed E-state index contributed by atoms with van der Waals surface area (Å²) in [5.41, 5.74) is 0.926. The van der Waals surface area contributed by atoms with Crippen molar-refractivity contribution in [1.82, 2.24) is 19.7 Å². The number of anilines is 1. The number of hydrogen-bond donors (Lipinski definition) is 0. The molecule has 0 saturated heterocycles. The predicted octanol–water partition coefficient (Wildman–Crippen LogP) is 3.50. The van der Waals surface area contributed by atoms with Crippen LogP contribution in [0.2, 0.25) is 0 Å². The summed E-state index contributed by atoms with van der Waals surface area (Å²) in [5.74, 6) is -0.0336. The minimum atomic E-state index is -2.63. The summed E-state index contributed by atoms with van der Waals surface area (Å²) in [4.78, 5) is 5.66. The molecule has 2 aromatic heterocycles. The van der Waals surface area contributed by atoms with E-state index in [1.165, 1.54) is 35.9 Å². The molecule has 5 nitrogen and oxygen atoms in total. The van der Waals surface area contributed by atoms with E-state index in [1.54, 1.807) is 24.1 Å². The zero-order valence-electron chi connectivity index (χ0n) is 12.7. The van der Waals surface area contributed by atoms with Crippen LogP contribution in [0, 0.1) is 5.82 Å². The number of aromatic nitrogens is 4. The molecule has 3 aromatic rings. The average Bonchev–Trinajstić information content (AvgIpc) is 3.19. The molecule has 0 radical (unpaired) electrons. The van der Waals surface area contributed by atoms with Crippen LogP contribution in [0.25, 0.3) is 0 Å². The Morgan fingerprint density at radius 2 is 1.96 bits per heavy atom. The molecule has 0 spiro atoms. The molecule has 0 aliphatic rings. The van der Waals surface area contributed by atoms with Gasteiger partial charge < -0.3 is 4.90 Å². The van der Waals surface area contributed by atoms with Crippen LogP contribution >= 0.6 is 11.3 Å². The summed E-state index contributed by atoms with van der Waals surface area (Å²) in [6.07, 6.45) is 3.13. The summed E-state index contributed by atoms with van der Waals surface area (Å²) in [6, 6.07) is 6.18. The van der Waals surface area contributed by atoms with Crippen LogP contribution in [0.5, 0.6) is 0 Å². The van der Waals surface area contributed by atoms with E-state index in [9.17, 15) is 13.2 Å². The van der Waals surface area contributed by atoms with E-state index in [-0.39, 0.29) is 18.2 Å². The second kappa shape index (κ2) is 7.00. The Labute approximate surface area is 140 Å². The number of nitrogens with zero attached hydrogens (tertiary/aromatic N) is 5. The normalized spacial score (nSPS) is 11.2. The van der Waals surface area contributed by atoms with Gasteiger partial charge in [0, 0.05) is 25.9 Å². The zero-order valence-corrected chi connectivity index (χ0v) is 13.6. The summed E-state index contributed by atoms with van der Waals surface area (Å²) in [6.45, 7) is -2.43. The maximum absolute atomic E-state index is 12.9. The van der Waals surface area contributed by atoms with Crippen molar-refractivity contribution in [2.75, 3.05) is 11.9 Å². The molecule has 3 rings (SSSR count). The Hall–Kier alpha value is -2.42. The Bertz CT molecular complexity index is 800. The number of imidazole rings is 1. The SMILES string of the molecule is CN(Cc1nccn1C(F)F)c1nnc(Cc2ccc(F)cc2)s1. The molecule has 0 atom stereocenters. The minimum Gasteiger partial charge on any atom is -0.342 e. The van der Waals surface area contributed by atoms with E-state index in [1.807, 2.05) is 0 Å². The van der Waals surface area contributed by atoms with Crippen LogP contribution < -0.4 is 4.90 Å². The molecule has 126 valence electrons. The molecular formula is C15H14F3N5S. The Morgan fingerprint density at radius 3 is 2.67 bits per heavy atom. The molecule has 0 saturated carbocycles. The van der Waals surface area contributed by atoms with Crippen molar-refractivity contribution < 1.29 is 13.2 Å². The third kappa shape index (κ3) is 3.73. The largest absolute Gasteiger partial charge is 0.342 e. The fraction of sp³-hybridized carbons (Fsp3) is 0.267. The molecule has 24 heavy (non-hydrogen) atoms. The highest BCUT2D eigenvalue weighted by Crippen LogP contribution is 2.23. The average molecular weight is 353 g/mol. The number of halogens is 3. The van der Waals surface area contributed by atoms with Crippen molar-refractivity contribution >= 4 is 16.5 Å². The molecule has 0 amide bonds. The first-order valence-electron chi connectivity index (χ1n) is 7.11. The maximum atomic E-state index is 12.9. The highest BCUT2D eigenvalue weighted by atomic mass is 32.1. The van der Waals surface area contributed by atoms with E-state index in [4.69, 9.17) is 0 Å². The highest BCUT2D eigenvalue weighted by Gasteiger charge is 2.16. The van der Waals surface area contributed by atoms with Gasteiger partial charge in [-0.1, -0.05) is 23.5 Å². The van der Waals surface area contributed by atoms with Gasteiger partial charge in [-0.15, -0.1) is 10.2 Å². The third-order valence-electron chi connectivity index (χ3n) is 3.39. The van der Waals surface area contributed by atoms with Crippen LogP contribution in [0.3, 0.4) is 0 Å². The van der Waals surface area contributed by atoms with E-state index in [0.717, 1.165) is 15.1 Å². The van der Waals surface area contributed by atoms with Gasteiger partial charge in [-0.05, 0) is 17.7 Å². The molecular weight excluding hydrogens is 339 g/mol. The monoisotopic (exact) mass is 353 g/mol. The van der Waals surface area contributed by atoms with Gasteiger partial charge in [0.2, 0.25) is 5.13 Å². The van der Waals surface area contributed by atoms with Gasteiger partial charge in [-0.2, -0.15) is 8.78 Å². The number of benzene rings is 1. The fourth-order valence-electron chi connectivity index (χ4n) is 2.17. The van der Waals surface area contributed by atoms with Crippen molar-refractivity contribution in [3.63, 3.8) is 0 Å². The summed E-state index contributed by atoms with van der Waals surface area (Å²) in [7, 11) is 1.74. The van der Waals surface area contributed by atoms with E-state index in [2.05, 4.69) is 15.2 Å². The first kappa shape index (κ1) is 16.4. The van der Waals surface area contributed by atoms with Gasteiger partial charge in [-0.25, -0.2) is 9.37 Å². The molecule has 0 bridgehead atoms. The standard InChI is InChI=1S/C15H14F3N5S/c1-22(9-12-19-6-7-23(12)14(17)18)15-21-20-13(24-15)8-10-2-4-11(16)5-3-10/h2-7,14H,8-9H2,1H3. The molecule has 9 heteroatoms. The lowest BCUT2D eigenvalue weighted by atomic mass is 10.2. The summed E-state index contributed by atoms with van der Waals surface area (Å²) < 4.78 is 39.4. The van der Waals surface area contributed by atoms with E-state index >= 15 is 0 Å². The lowest BCUT2D eigenvalue weighted by Crippen LogP contribution is -2.19. The molecule has 0 unspecified atom stereocenters. The van der Waals surface area contributed by atoms with Crippen LogP contribution in [-0.2, 0) is 13.0 Å². The summed E-state index contributed by atoms with van der Waals surface area (Å²) in [5, 5.41) is 9.55. The van der Waals surface area contributed by atoms with Crippen molar-refractivity contribution in [3.8, 4) is 0 Å². The second-order valence-corrected chi connectivity index (χ2v) is 6.21. The van der Waals surface area contributed by atoms with Gasteiger partial charge >= 0.3 is 6.55 Å². The van der Waals surface area contributed by atoms with Gasteiger partial charge in [0.05, 0.1) is 6.54 Å². The van der Waals surface area contributed by atoms with Crippen LogP contribution in [0.15, 0.2) is 36.7 Å². The molecule has 0 N–H and O–H groups in total. The predicted molar refractivity (Wildman–Crippen MR) is 84.7 cm³/mol. The quantitative estimate of drug-likeness (QED) is 0.681. The molecule has 2 heterocycles. The Morgan fingerprint density at radius 1 is 1.21 bits per heavy atom. The van der Waals surface area contributed by atoms with Gasteiger partial charge in [0.25, 0.3) is 0 Å². The van der Waals surface area contributed by atoms with Gasteiger partial charge in [-0.3, -0.25) is 4.57 Å². The molecule has 0 aliphatic carbocycles. The minimum absolute atomic E-state index is 0.197. The van der Waals surface area contributed by atoms with E-state index in [0.29, 0.717) is 11.6 Å². The first-order chi connectivity index (χ1) is 11.5.